The SMILES string of the molecule is COc1cc(F)cc(CC#N)c1C(C)C. The highest BCUT2D eigenvalue weighted by Gasteiger charge is 2.14. The van der Waals surface area contributed by atoms with Gasteiger partial charge < -0.3 is 4.74 Å². The summed E-state index contributed by atoms with van der Waals surface area (Å²) in [5.74, 6) is 0.376. The second-order valence-corrected chi connectivity index (χ2v) is 3.67. The third kappa shape index (κ3) is 2.47. The normalized spacial score (nSPS) is 10.1. The van der Waals surface area contributed by atoms with Crippen LogP contribution in [-0.2, 0) is 6.42 Å². The first kappa shape index (κ1) is 11.5. The number of hydrogen-bond donors (Lipinski definition) is 0. The highest BCUT2D eigenvalue weighted by atomic mass is 19.1. The second-order valence-electron chi connectivity index (χ2n) is 3.67. The Morgan fingerprint density at radius 3 is 2.60 bits per heavy atom. The predicted molar refractivity (Wildman–Crippen MR) is 56.4 cm³/mol. The minimum absolute atomic E-state index is 0.210. The number of methoxy groups -OCH3 is 1. The topological polar surface area (TPSA) is 33.0 Å². The van der Waals surface area contributed by atoms with E-state index in [1.165, 1.54) is 19.2 Å². The van der Waals surface area contributed by atoms with Crippen molar-refractivity contribution in [1.29, 1.82) is 5.26 Å². The maximum Gasteiger partial charge on any atom is 0.127 e. The lowest BCUT2D eigenvalue weighted by molar-refractivity contribution is 0.403. The molecule has 1 rings (SSSR count). The Kier molecular flexibility index (Phi) is 3.68. The summed E-state index contributed by atoms with van der Waals surface area (Å²) in [5.41, 5.74) is 1.63. The lowest BCUT2D eigenvalue weighted by Crippen LogP contribution is -2.01. The van der Waals surface area contributed by atoms with Gasteiger partial charge in [-0.15, -0.1) is 0 Å². The number of hydrogen-bond acceptors (Lipinski definition) is 2. The quantitative estimate of drug-likeness (QED) is 0.763. The van der Waals surface area contributed by atoms with Gasteiger partial charge in [-0.05, 0) is 17.5 Å². The van der Waals surface area contributed by atoms with Gasteiger partial charge in [0.2, 0.25) is 0 Å². The molecule has 1 aromatic rings. The van der Waals surface area contributed by atoms with Gasteiger partial charge in [0.1, 0.15) is 11.6 Å². The summed E-state index contributed by atoms with van der Waals surface area (Å²) in [6.07, 6.45) is 0.210. The first-order valence-electron chi connectivity index (χ1n) is 4.83. The Morgan fingerprint density at radius 1 is 1.47 bits per heavy atom. The fourth-order valence-electron chi connectivity index (χ4n) is 1.70. The molecular weight excluding hydrogens is 193 g/mol. The number of benzene rings is 1. The van der Waals surface area contributed by atoms with E-state index < -0.39 is 0 Å². The van der Waals surface area contributed by atoms with Gasteiger partial charge in [-0.3, -0.25) is 0 Å². The predicted octanol–water partition coefficient (Wildman–Crippen LogP) is 3.02. The van der Waals surface area contributed by atoms with Crippen LogP contribution in [0.1, 0.15) is 30.9 Å². The number of nitrogens with zero attached hydrogens (tertiary/aromatic N) is 1. The summed E-state index contributed by atoms with van der Waals surface area (Å²) in [5, 5.41) is 8.67. The zero-order chi connectivity index (χ0) is 11.4. The molecule has 0 atom stereocenters. The van der Waals surface area contributed by atoms with E-state index in [0.717, 1.165) is 5.56 Å². The molecule has 0 spiro atoms. The summed E-state index contributed by atoms with van der Waals surface area (Å²) >= 11 is 0. The van der Waals surface area contributed by atoms with E-state index in [1.807, 2.05) is 19.9 Å². The van der Waals surface area contributed by atoms with Gasteiger partial charge in [0, 0.05) is 11.6 Å². The number of ether oxygens (including phenoxy) is 1. The largest absolute Gasteiger partial charge is 0.496 e. The van der Waals surface area contributed by atoms with Crippen LogP contribution in [0, 0.1) is 17.1 Å². The van der Waals surface area contributed by atoms with Crippen molar-refractivity contribution >= 4 is 0 Å². The van der Waals surface area contributed by atoms with Crippen LogP contribution in [0.15, 0.2) is 12.1 Å². The Labute approximate surface area is 89.3 Å². The van der Waals surface area contributed by atoms with Gasteiger partial charge in [0.25, 0.3) is 0 Å². The molecule has 0 aliphatic carbocycles. The number of rotatable bonds is 3. The van der Waals surface area contributed by atoms with E-state index in [-0.39, 0.29) is 18.2 Å². The average Bonchev–Trinajstić information content (AvgIpc) is 2.16. The lowest BCUT2D eigenvalue weighted by atomic mass is 9.94. The Bertz CT molecular complexity index is 393. The Morgan fingerprint density at radius 2 is 2.13 bits per heavy atom. The summed E-state index contributed by atoms with van der Waals surface area (Å²) < 4.78 is 18.3. The molecule has 0 aromatic heterocycles. The monoisotopic (exact) mass is 207 g/mol. The first-order chi connectivity index (χ1) is 7.10. The zero-order valence-corrected chi connectivity index (χ0v) is 9.17. The van der Waals surface area contributed by atoms with Crippen molar-refractivity contribution in [2.24, 2.45) is 0 Å². The van der Waals surface area contributed by atoms with Gasteiger partial charge in [0.15, 0.2) is 0 Å². The molecule has 0 bridgehead atoms. The molecule has 1 aromatic carbocycles. The van der Waals surface area contributed by atoms with Gasteiger partial charge in [0.05, 0.1) is 19.6 Å². The third-order valence-electron chi connectivity index (χ3n) is 2.26. The van der Waals surface area contributed by atoms with Crippen LogP contribution in [0.25, 0.3) is 0 Å². The van der Waals surface area contributed by atoms with Crippen molar-refractivity contribution < 1.29 is 9.13 Å². The van der Waals surface area contributed by atoms with E-state index in [1.54, 1.807) is 0 Å². The fraction of sp³-hybridized carbons (Fsp3) is 0.417. The fourth-order valence-corrected chi connectivity index (χ4v) is 1.70. The van der Waals surface area contributed by atoms with Crippen LogP contribution in [0.3, 0.4) is 0 Å². The molecule has 0 heterocycles. The molecule has 0 amide bonds. The zero-order valence-electron chi connectivity index (χ0n) is 9.17. The van der Waals surface area contributed by atoms with Crippen molar-refractivity contribution in [2.45, 2.75) is 26.2 Å². The van der Waals surface area contributed by atoms with Crippen molar-refractivity contribution in [3.8, 4) is 11.8 Å². The molecule has 0 saturated heterocycles. The van der Waals surface area contributed by atoms with Crippen LogP contribution in [0.4, 0.5) is 4.39 Å². The summed E-state index contributed by atoms with van der Waals surface area (Å²) in [6.45, 7) is 3.99. The molecular formula is C12H14FNO. The Balaban J connectivity index is 3.34. The molecule has 0 saturated carbocycles. The lowest BCUT2D eigenvalue weighted by Gasteiger charge is -2.15. The second kappa shape index (κ2) is 4.79. The minimum atomic E-state index is -0.360. The van der Waals surface area contributed by atoms with Crippen LogP contribution >= 0.6 is 0 Å². The molecule has 15 heavy (non-hydrogen) atoms. The summed E-state index contributed by atoms with van der Waals surface area (Å²) in [7, 11) is 1.51. The maximum absolute atomic E-state index is 13.2. The van der Waals surface area contributed by atoms with E-state index >= 15 is 0 Å². The third-order valence-corrected chi connectivity index (χ3v) is 2.26. The van der Waals surface area contributed by atoms with Gasteiger partial charge in [-0.1, -0.05) is 13.8 Å². The van der Waals surface area contributed by atoms with Crippen LogP contribution in [0.2, 0.25) is 0 Å². The molecule has 0 aliphatic heterocycles. The smallest absolute Gasteiger partial charge is 0.127 e. The van der Waals surface area contributed by atoms with E-state index in [4.69, 9.17) is 10.00 Å². The van der Waals surface area contributed by atoms with Crippen molar-refractivity contribution in [3.63, 3.8) is 0 Å². The van der Waals surface area contributed by atoms with Crippen LogP contribution < -0.4 is 4.74 Å². The molecule has 0 unspecified atom stereocenters. The van der Waals surface area contributed by atoms with Crippen LogP contribution in [-0.4, -0.2) is 7.11 Å². The van der Waals surface area contributed by atoms with Gasteiger partial charge in [-0.25, -0.2) is 4.39 Å². The molecule has 0 radical (unpaired) electrons. The van der Waals surface area contributed by atoms with Crippen molar-refractivity contribution in [3.05, 3.63) is 29.1 Å². The molecule has 80 valence electrons. The first-order valence-corrected chi connectivity index (χ1v) is 4.83. The van der Waals surface area contributed by atoms with E-state index in [2.05, 4.69) is 0 Å². The highest BCUT2D eigenvalue weighted by Crippen LogP contribution is 2.31. The van der Waals surface area contributed by atoms with Crippen molar-refractivity contribution in [2.75, 3.05) is 7.11 Å². The maximum atomic E-state index is 13.2. The molecule has 0 aliphatic rings. The highest BCUT2D eigenvalue weighted by molar-refractivity contribution is 5.44. The van der Waals surface area contributed by atoms with Crippen molar-refractivity contribution in [1.82, 2.24) is 0 Å². The standard InChI is InChI=1S/C12H14FNO/c1-8(2)12-9(4-5-14)6-10(13)7-11(12)15-3/h6-8H,4H2,1-3H3. The van der Waals surface area contributed by atoms with Crippen LogP contribution in [0.5, 0.6) is 5.75 Å². The van der Waals surface area contributed by atoms with E-state index in [0.29, 0.717) is 11.3 Å². The average molecular weight is 207 g/mol. The molecule has 2 nitrogen and oxygen atoms in total. The molecule has 0 N–H and O–H groups in total. The number of halogens is 1. The molecule has 3 heteroatoms. The Hall–Kier alpha value is -1.56. The van der Waals surface area contributed by atoms with Gasteiger partial charge in [-0.2, -0.15) is 5.26 Å². The van der Waals surface area contributed by atoms with E-state index in [9.17, 15) is 4.39 Å². The van der Waals surface area contributed by atoms with Gasteiger partial charge >= 0.3 is 0 Å². The molecule has 0 fully saturated rings. The summed E-state index contributed by atoms with van der Waals surface area (Å²) in [6, 6.07) is 4.80. The minimum Gasteiger partial charge on any atom is -0.496 e. The number of nitriles is 1. The summed E-state index contributed by atoms with van der Waals surface area (Å²) in [4.78, 5) is 0.